The van der Waals surface area contributed by atoms with Crippen LogP contribution in [0.5, 0.6) is 5.75 Å². The molecule has 4 fully saturated rings. The van der Waals surface area contributed by atoms with Crippen LogP contribution < -0.4 is 4.74 Å². The molecule has 1 aliphatic heterocycles. The molecule has 1 aromatic carbocycles. The molecule has 4 bridgehead atoms. The molecular weight excluding hydrogens is 436 g/mol. The molecule has 0 amide bonds. The number of fused-ring (bicyclic) bond motifs is 1. The smallest absolute Gasteiger partial charge is 0.208 e. The summed E-state index contributed by atoms with van der Waals surface area (Å²) in [5.41, 5.74) is 2.38. The van der Waals surface area contributed by atoms with Crippen molar-refractivity contribution in [3.63, 3.8) is 0 Å². The van der Waals surface area contributed by atoms with Gasteiger partial charge in [-0.3, -0.25) is 4.98 Å². The van der Waals surface area contributed by atoms with Gasteiger partial charge in [0.1, 0.15) is 5.75 Å². The Balaban J connectivity index is 1.60. The van der Waals surface area contributed by atoms with Gasteiger partial charge in [0, 0.05) is 33.6 Å². The van der Waals surface area contributed by atoms with E-state index in [1.165, 1.54) is 32.1 Å². The Hall–Kier alpha value is -1.39. The average Bonchev–Trinajstić information content (AvgIpc) is 2.67. The van der Waals surface area contributed by atoms with Crippen LogP contribution >= 0.6 is 27.5 Å². The summed E-state index contributed by atoms with van der Waals surface area (Å²) in [6.45, 7) is 2.41. The van der Waals surface area contributed by atoms with Crippen molar-refractivity contribution in [3.8, 4) is 5.75 Å². The highest BCUT2D eigenvalue weighted by molar-refractivity contribution is 9.10. The fourth-order valence-electron chi connectivity index (χ4n) is 6.71. The molecule has 5 atom stereocenters. The van der Waals surface area contributed by atoms with E-state index in [0.717, 1.165) is 39.0 Å². The van der Waals surface area contributed by atoms with E-state index in [-0.39, 0.29) is 5.41 Å². The summed E-state index contributed by atoms with van der Waals surface area (Å²) in [5, 5.41) is 0.671. The van der Waals surface area contributed by atoms with Crippen molar-refractivity contribution in [2.45, 2.75) is 44.8 Å². The Morgan fingerprint density at radius 1 is 1.14 bits per heavy atom. The van der Waals surface area contributed by atoms with Gasteiger partial charge in [-0.1, -0.05) is 24.6 Å². The summed E-state index contributed by atoms with van der Waals surface area (Å²) >= 11 is 10.0. The van der Waals surface area contributed by atoms with Crippen LogP contribution in [0.15, 0.2) is 46.0 Å². The number of nitrogens with zero attached hydrogens (tertiary/aromatic N) is 2. The molecule has 1 spiro atoms. The van der Waals surface area contributed by atoms with E-state index < -0.39 is 5.72 Å². The molecule has 0 N–H and O–H groups in total. The lowest BCUT2D eigenvalue weighted by molar-refractivity contribution is -0.203. The number of halogens is 2. The van der Waals surface area contributed by atoms with E-state index in [1.54, 1.807) is 0 Å². The summed E-state index contributed by atoms with van der Waals surface area (Å²) in [7, 11) is 0. The van der Waals surface area contributed by atoms with Gasteiger partial charge in [0.2, 0.25) is 5.72 Å². The van der Waals surface area contributed by atoms with Gasteiger partial charge in [-0.2, -0.15) is 0 Å². The summed E-state index contributed by atoms with van der Waals surface area (Å²) in [4.78, 5) is 10.1. The summed E-state index contributed by atoms with van der Waals surface area (Å²) in [5.74, 6) is 2.98. The van der Waals surface area contributed by atoms with E-state index >= 15 is 0 Å². The third-order valence-electron chi connectivity index (χ3n) is 7.53. The van der Waals surface area contributed by atoms with Gasteiger partial charge in [-0.15, -0.1) is 0 Å². The monoisotopic (exact) mass is 456 g/mol. The van der Waals surface area contributed by atoms with Gasteiger partial charge in [-0.25, -0.2) is 4.99 Å². The van der Waals surface area contributed by atoms with Crippen molar-refractivity contribution < 1.29 is 4.74 Å². The number of benzene rings is 1. The molecule has 0 saturated heterocycles. The van der Waals surface area contributed by atoms with Crippen LogP contribution in [0.2, 0.25) is 5.02 Å². The van der Waals surface area contributed by atoms with E-state index in [2.05, 4.69) is 27.8 Å². The van der Waals surface area contributed by atoms with E-state index in [1.807, 2.05) is 36.5 Å². The number of pyridine rings is 1. The fourth-order valence-corrected chi connectivity index (χ4v) is 7.20. The highest BCUT2D eigenvalue weighted by atomic mass is 79.9. The first-order chi connectivity index (χ1) is 13.5. The molecule has 5 heteroatoms. The Bertz CT molecular complexity index is 993. The standard InChI is InChI=1S/C23H22BrClN2O/c1-22-11-13-6-14(12-22)8-15(7-13)23(22)27-21(19-4-2-3-5-26-19)16-9-17(24)18(25)10-20(16)28-23/h2-5,9-10,13-15H,6-8,11-12H2,1H3/t13-,14+,15?,22?,23?. The molecule has 5 aliphatic rings. The Morgan fingerprint density at radius 3 is 2.61 bits per heavy atom. The normalized spacial score (nSPS) is 37.5. The maximum absolute atomic E-state index is 6.87. The largest absolute Gasteiger partial charge is 0.465 e. The van der Waals surface area contributed by atoms with Crippen molar-refractivity contribution in [2.24, 2.45) is 28.2 Å². The van der Waals surface area contributed by atoms with Crippen LogP contribution in [0.4, 0.5) is 0 Å². The zero-order valence-electron chi connectivity index (χ0n) is 15.8. The number of rotatable bonds is 1. The minimum absolute atomic E-state index is 0.0685. The first-order valence-corrected chi connectivity index (χ1v) is 11.3. The second-order valence-corrected chi connectivity index (χ2v) is 10.6. The van der Waals surface area contributed by atoms with Crippen LogP contribution in [0.25, 0.3) is 0 Å². The van der Waals surface area contributed by atoms with Gasteiger partial charge in [0.15, 0.2) is 0 Å². The molecule has 28 heavy (non-hydrogen) atoms. The summed E-state index contributed by atoms with van der Waals surface area (Å²) in [6.07, 6.45) is 8.10. The summed E-state index contributed by atoms with van der Waals surface area (Å²) < 4.78 is 7.72. The van der Waals surface area contributed by atoms with Crippen LogP contribution in [0.3, 0.4) is 0 Å². The maximum atomic E-state index is 6.87. The number of aromatic nitrogens is 1. The highest BCUT2D eigenvalue weighted by Gasteiger charge is 2.66. The molecule has 7 rings (SSSR count). The van der Waals surface area contributed by atoms with Crippen molar-refractivity contribution in [3.05, 3.63) is 57.3 Å². The average molecular weight is 458 g/mol. The predicted molar refractivity (Wildman–Crippen MR) is 114 cm³/mol. The van der Waals surface area contributed by atoms with E-state index in [4.69, 9.17) is 21.3 Å². The molecule has 2 heterocycles. The molecule has 1 aromatic heterocycles. The Kier molecular flexibility index (Phi) is 3.63. The van der Waals surface area contributed by atoms with Crippen LogP contribution in [-0.2, 0) is 0 Å². The number of hydrogen-bond donors (Lipinski definition) is 0. The molecular formula is C23H22BrClN2O. The third kappa shape index (κ3) is 2.28. The SMILES string of the molecule is CC12C[C@@H]3CC(C[C@@H](C3)C1)C21N=C(c2ccccn2)c2cc(Br)c(Cl)cc2O1. The predicted octanol–water partition coefficient (Wildman–Crippen LogP) is 6.27. The minimum Gasteiger partial charge on any atom is -0.465 e. The van der Waals surface area contributed by atoms with Gasteiger partial charge < -0.3 is 4.74 Å². The molecule has 0 radical (unpaired) electrons. The quantitative estimate of drug-likeness (QED) is 0.506. The number of hydrogen-bond acceptors (Lipinski definition) is 3. The van der Waals surface area contributed by atoms with E-state index in [0.29, 0.717) is 10.9 Å². The molecule has 4 saturated carbocycles. The van der Waals surface area contributed by atoms with Gasteiger partial charge >= 0.3 is 0 Å². The van der Waals surface area contributed by atoms with E-state index in [9.17, 15) is 0 Å². The first kappa shape index (κ1) is 17.5. The van der Waals surface area contributed by atoms with Crippen LogP contribution in [0, 0.1) is 23.2 Å². The van der Waals surface area contributed by atoms with Crippen molar-refractivity contribution in [1.82, 2.24) is 4.98 Å². The van der Waals surface area contributed by atoms with Crippen molar-refractivity contribution in [2.75, 3.05) is 0 Å². The molecule has 3 unspecified atom stereocenters. The second-order valence-electron chi connectivity index (χ2n) is 9.34. The van der Waals surface area contributed by atoms with Gasteiger partial charge in [0.05, 0.1) is 16.4 Å². The van der Waals surface area contributed by atoms with Gasteiger partial charge in [0.25, 0.3) is 0 Å². The molecule has 4 aliphatic carbocycles. The first-order valence-electron chi connectivity index (χ1n) is 10.2. The lowest BCUT2D eigenvalue weighted by Crippen LogP contribution is -2.66. The number of ether oxygens (including phenoxy) is 1. The topological polar surface area (TPSA) is 34.5 Å². The minimum atomic E-state index is -0.503. The molecule has 144 valence electrons. The second kappa shape index (κ2) is 5.82. The zero-order chi connectivity index (χ0) is 19.1. The highest BCUT2D eigenvalue weighted by Crippen LogP contribution is 2.67. The Labute approximate surface area is 178 Å². The van der Waals surface area contributed by atoms with Crippen molar-refractivity contribution in [1.29, 1.82) is 0 Å². The molecule has 2 aromatic rings. The van der Waals surface area contributed by atoms with Gasteiger partial charge in [-0.05, 0) is 78.1 Å². The maximum Gasteiger partial charge on any atom is 0.208 e. The Morgan fingerprint density at radius 2 is 1.93 bits per heavy atom. The van der Waals surface area contributed by atoms with Crippen molar-refractivity contribution >= 4 is 33.2 Å². The fraction of sp³-hybridized carbons (Fsp3) is 0.478. The van der Waals surface area contributed by atoms with Crippen LogP contribution in [-0.4, -0.2) is 16.4 Å². The lowest BCUT2D eigenvalue weighted by atomic mass is 9.46. The number of aliphatic imine (C=N–C) groups is 1. The molecule has 3 nitrogen and oxygen atoms in total. The lowest BCUT2D eigenvalue weighted by Gasteiger charge is -2.64. The third-order valence-corrected chi connectivity index (χ3v) is 8.72. The zero-order valence-corrected chi connectivity index (χ0v) is 18.1. The summed E-state index contributed by atoms with van der Waals surface area (Å²) in [6, 6.07) is 9.99. The van der Waals surface area contributed by atoms with Crippen LogP contribution in [0.1, 0.15) is 50.3 Å².